The Morgan fingerprint density at radius 3 is 2.40 bits per heavy atom. The zero-order valence-electron chi connectivity index (χ0n) is 10.8. The van der Waals surface area contributed by atoms with Gasteiger partial charge in [0.1, 0.15) is 0 Å². The highest BCUT2D eigenvalue weighted by Crippen LogP contribution is 2.36. The maximum absolute atomic E-state index is 2.80. The van der Waals surface area contributed by atoms with Crippen LogP contribution in [0.3, 0.4) is 0 Å². The third-order valence-electron chi connectivity index (χ3n) is 4.04. The lowest BCUT2D eigenvalue weighted by Crippen LogP contribution is -2.49. The molecule has 1 saturated heterocycles. The van der Waals surface area contributed by atoms with Crippen LogP contribution < -0.4 is 0 Å². The standard InChI is InChI=1S/C14H27N/c1-14(2,3)11-15-10-6-8-12-7-4-5-9-13(12)15/h12-13H,4-11H2,1-3H3. The van der Waals surface area contributed by atoms with Crippen LogP contribution in [0.1, 0.15) is 59.3 Å². The van der Waals surface area contributed by atoms with Crippen molar-refractivity contribution in [2.45, 2.75) is 65.3 Å². The highest BCUT2D eigenvalue weighted by Gasteiger charge is 2.34. The van der Waals surface area contributed by atoms with E-state index in [1.807, 2.05) is 0 Å². The minimum atomic E-state index is 0.472. The number of hydrogen-bond acceptors (Lipinski definition) is 1. The van der Waals surface area contributed by atoms with Gasteiger partial charge in [0.2, 0.25) is 0 Å². The highest BCUT2D eigenvalue weighted by molar-refractivity contribution is 4.88. The monoisotopic (exact) mass is 209 g/mol. The summed E-state index contributed by atoms with van der Waals surface area (Å²) in [6.07, 6.45) is 8.89. The van der Waals surface area contributed by atoms with Crippen LogP contribution in [0.5, 0.6) is 0 Å². The molecule has 1 aliphatic carbocycles. The third kappa shape index (κ3) is 2.96. The van der Waals surface area contributed by atoms with Crippen molar-refractivity contribution in [1.29, 1.82) is 0 Å². The Bertz CT molecular complexity index is 202. The molecule has 1 aliphatic heterocycles. The van der Waals surface area contributed by atoms with Gasteiger partial charge in [0.05, 0.1) is 0 Å². The second kappa shape index (κ2) is 4.45. The lowest BCUT2D eigenvalue weighted by atomic mass is 9.77. The fourth-order valence-electron chi connectivity index (χ4n) is 3.53. The van der Waals surface area contributed by atoms with Gasteiger partial charge in [-0.05, 0) is 43.6 Å². The minimum Gasteiger partial charge on any atom is -0.300 e. The van der Waals surface area contributed by atoms with Gasteiger partial charge in [-0.3, -0.25) is 4.90 Å². The predicted octanol–water partition coefficient (Wildman–Crippen LogP) is 3.69. The molecule has 0 aromatic rings. The molecule has 2 atom stereocenters. The summed E-state index contributed by atoms with van der Waals surface area (Å²) in [7, 11) is 0. The van der Waals surface area contributed by atoms with Crippen LogP contribution in [-0.4, -0.2) is 24.0 Å². The van der Waals surface area contributed by atoms with Crippen LogP contribution in [0.15, 0.2) is 0 Å². The van der Waals surface area contributed by atoms with E-state index in [4.69, 9.17) is 0 Å². The summed E-state index contributed by atoms with van der Waals surface area (Å²) in [4.78, 5) is 2.80. The van der Waals surface area contributed by atoms with Crippen molar-refractivity contribution in [1.82, 2.24) is 4.90 Å². The number of rotatable bonds is 1. The van der Waals surface area contributed by atoms with Crippen LogP contribution >= 0.6 is 0 Å². The van der Waals surface area contributed by atoms with Crippen molar-refractivity contribution in [2.24, 2.45) is 11.3 Å². The molecule has 0 aromatic carbocycles. The molecule has 2 unspecified atom stereocenters. The summed E-state index contributed by atoms with van der Waals surface area (Å²) in [5.74, 6) is 1.04. The van der Waals surface area contributed by atoms with E-state index in [0.29, 0.717) is 5.41 Å². The highest BCUT2D eigenvalue weighted by atomic mass is 15.2. The van der Waals surface area contributed by atoms with E-state index in [1.54, 1.807) is 0 Å². The first-order valence-corrected chi connectivity index (χ1v) is 6.80. The molecule has 1 saturated carbocycles. The van der Waals surface area contributed by atoms with Crippen molar-refractivity contribution in [3.05, 3.63) is 0 Å². The second-order valence-electron chi connectivity index (χ2n) is 6.79. The summed E-state index contributed by atoms with van der Waals surface area (Å²) in [6.45, 7) is 9.78. The molecule has 0 radical (unpaired) electrons. The van der Waals surface area contributed by atoms with Crippen molar-refractivity contribution in [3.63, 3.8) is 0 Å². The van der Waals surface area contributed by atoms with Gasteiger partial charge in [0.15, 0.2) is 0 Å². The SMILES string of the molecule is CC(C)(C)CN1CCCC2CCCCC21. The normalized spacial score (nSPS) is 33.8. The van der Waals surface area contributed by atoms with Crippen molar-refractivity contribution < 1.29 is 0 Å². The lowest BCUT2D eigenvalue weighted by molar-refractivity contribution is 0.0360. The lowest BCUT2D eigenvalue weighted by Gasteiger charge is -2.46. The van der Waals surface area contributed by atoms with Crippen molar-refractivity contribution in [3.8, 4) is 0 Å². The molecule has 2 aliphatic rings. The largest absolute Gasteiger partial charge is 0.300 e. The molecule has 0 amide bonds. The number of hydrogen-bond donors (Lipinski definition) is 0. The average molecular weight is 209 g/mol. The Balaban J connectivity index is 1.97. The maximum Gasteiger partial charge on any atom is 0.0124 e. The minimum absolute atomic E-state index is 0.472. The molecule has 0 aromatic heterocycles. The Hall–Kier alpha value is -0.0400. The van der Waals surface area contributed by atoms with Gasteiger partial charge in [-0.1, -0.05) is 33.6 Å². The van der Waals surface area contributed by atoms with E-state index < -0.39 is 0 Å². The number of nitrogens with zero attached hydrogens (tertiary/aromatic N) is 1. The topological polar surface area (TPSA) is 3.24 Å². The van der Waals surface area contributed by atoms with Gasteiger partial charge in [0.25, 0.3) is 0 Å². The predicted molar refractivity (Wildman–Crippen MR) is 66.0 cm³/mol. The van der Waals surface area contributed by atoms with Crippen molar-refractivity contribution in [2.75, 3.05) is 13.1 Å². The number of fused-ring (bicyclic) bond motifs is 1. The summed E-state index contributed by atoms with van der Waals surface area (Å²) >= 11 is 0. The van der Waals surface area contributed by atoms with Gasteiger partial charge in [-0.25, -0.2) is 0 Å². The fourth-order valence-corrected chi connectivity index (χ4v) is 3.53. The summed E-state index contributed by atoms with van der Waals surface area (Å²) in [5, 5.41) is 0. The molecule has 15 heavy (non-hydrogen) atoms. The average Bonchev–Trinajstić information content (AvgIpc) is 2.16. The molecular formula is C14H27N. The van der Waals surface area contributed by atoms with Crippen LogP contribution in [-0.2, 0) is 0 Å². The molecule has 2 rings (SSSR count). The molecular weight excluding hydrogens is 182 g/mol. The second-order valence-corrected chi connectivity index (χ2v) is 6.79. The molecule has 0 spiro atoms. The van der Waals surface area contributed by atoms with Crippen LogP contribution in [0.25, 0.3) is 0 Å². The quantitative estimate of drug-likeness (QED) is 0.636. The smallest absolute Gasteiger partial charge is 0.0124 e. The zero-order chi connectivity index (χ0) is 10.9. The number of likely N-dealkylation sites (tertiary alicyclic amines) is 1. The Kier molecular flexibility index (Phi) is 3.39. The molecule has 0 N–H and O–H groups in total. The first-order chi connectivity index (χ1) is 7.06. The fraction of sp³-hybridized carbons (Fsp3) is 1.00. The summed E-state index contributed by atoms with van der Waals surface area (Å²) in [6, 6.07) is 0.937. The van der Waals surface area contributed by atoms with Gasteiger partial charge in [-0.2, -0.15) is 0 Å². The van der Waals surface area contributed by atoms with E-state index in [2.05, 4.69) is 25.7 Å². The van der Waals surface area contributed by atoms with Gasteiger partial charge < -0.3 is 0 Å². The maximum atomic E-state index is 2.80. The van der Waals surface area contributed by atoms with E-state index in [-0.39, 0.29) is 0 Å². The molecule has 1 heteroatoms. The Morgan fingerprint density at radius 1 is 1.00 bits per heavy atom. The zero-order valence-corrected chi connectivity index (χ0v) is 10.8. The van der Waals surface area contributed by atoms with E-state index >= 15 is 0 Å². The van der Waals surface area contributed by atoms with Crippen molar-refractivity contribution >= 4 is 0 Å². The first-order valence-electron chi connectivity index (χ1n) is 6.80. The Labute approximate surface area is 95.2 Å². The molecule has 2 fully saturated rings. The van der Waals surface area contributed by atoms with E-state index in [9.17, 15) is 0 Å². The third-order valence-corrected chi connectivity index (χ3v) is 4.04. The van der Waals surface area contributed by atoms with Crippen LogP contribution in [0.4, 0.5) is 0 Å². The van der Waals surface area contributed by atoms with Crippen LogP contribution in [0, 0.1) is 11.3 Å². The molecule has 1 heterocycles. The van der Waals surface area contributed by atoms with Crippen LogP contribution in [0.2, 0.25) is 0 Å². The Morgan fingerprint density at radius 2 is 1.67 bits per heavy atom. The molecule has 0 bridgehead atoms. The van der Waals surface area contributed by atoms with E-state index in [1.165, 1.54) is 51.6 Å². The molecule has 1 nitrogen and oxygen atoms in total. The summed E-state index contributed by atoms with van der Waals surface area (Å²) in [5.41, 5.74) is 0.472. The van der Waals surface area contributed by atoms with Gasteiger partial charge in [-0.15, -0.1) is 0 Å². The van der Waals surface area contributed by atoms with E-state index in [0.717, 1.165) is 12.0 Å². The van der Waals surface area contributed by atoms with Gasteiger partial charge in [0, 0.05) is 12.6 Å². The summed E-state index contributed by atoms with van der Waals surface area (Å²) < 4.78 is 0. The number of piperidine rings is 1. The van der Waals surface area contributed by atoms with Gasteiger partial charge >= 0.3 is 0 Å². The first kappa shape index (κ1) is 11.4. The molecule has 88 valence electrons.